The number of sulfone groups is 1. The summed E-state index contributed by atoms with van der Waals surface area (Å²) in [7, 11) is 0.813. The molecule has 10 heteroatoms. The van der Waals surface area contributed by atoms with E-state index in [9.17, 15) is 8.42 Å². The lowest BCUT2D eigenvalue weighted by molar-refractivity contribution is 0.341. The molecule has 0 amide bonds. The van der Waals surface area contributed by atoms with Gasteiger partial charge in [-0.2, -0.15) is 4.98 Å². The Morgan fingerprint density at radius 1 is 1.19 bits per heavy atom. The van der Waals surface area contributed by atoms with Crippen molar-refractivity contribution in [2.45, 2.75) is 45.2 Å². The van der Waals surface area contributed by atoms with Gasteiger partial charge in [-0.05, 0) is 60.5 Å². The molecule has 4 heterocycles. The summed E-state index contributed by atoms with van der Waals surface area (Å²) in [5.74, 6) is 2.74. The molecule has 37 heavy (non-hydrogen) atoms. The maximum atomic E-state index is 11.9. The monoisotopic (exact) mass is 523 g/mol. The average Bonchev–Trinajstić information content (AvgIpc) is 2.79. The molecule has 3 atom stereocenters. The van der Waals surface area contributed by atoms with E-state index >= 15 is 0 Å². The molecule has 2 aromatic heterocycles. The first-order valence-electron chi connectivity index (χ1n) is 12.9. The third-order valence-corrected chi connectivity index (χ3v) is 8.61. The molecule has 1 aromatic carbocycles. The van der Waals surface area contributed by atoms with Crippen molar-refractivity contribution in [3.8, 4) is 0 Å². The van der Waals surface area contributed by atoms with Crippen LogP contribution in [0, 0.1) is 5.92 Å². The van der Waals surface area contributed by atoms with E-state index in [2.05, 4.69) is 58.4 Å². The fourth-order valence-corrected chi connectivity index (χ4v) is 6.65. The smallest absolute Gasteiger partial charge is 0.226 e. The largest absolute Gasteiger partial charge is 0.367 e. The molecular weight excluding hydrogens is 486 g/mol. The van der Waals surface area contributed by atoms with Gasteiger partial charge in [0.25, 0.3) is 0 Å². The molecule has 0 saturated carbocycles. The van der Waals surface area contributed by atoms with Crippen LogP contribution in [0.25, 0.3) is 10.8 Å². The fourth-order valence-electron chi connectivity index (χ4n) is 5.48. The predicted octanol–water partition coefficient (Wildman–Crippen LogP) is 3.86. The third kappa shape index (κ3) is 5.09. The summed E-state index contributed by atoms with van der Waals surface area (Å²) in [6, 6.07) is 6.77. The topological polar surface area (TPSA) is 103 Å². The first kappa shape index (κ1) is 25.7. The Hall–Kier alpha value is -2.98. The Morgan fingerprint density at radius 2 is 1.95 bits per heavy atom. The van der Waals surface area contributed by atoms with Crippen molar-refractivity contribution in [2.24, 2.45) is 5.92 Å². The number of fused-ring (bicyclic) bond motifs is 1. The number of hydrogen-bond donors (Lipinski definition) is 2. The van der Waals surface area contributed by atoms with Gasteiger partial charge >= 0.3 is 0 Å². The zero-order chi connectivity index (χ0) is 26.5. The van der Waals surface area contributed by atoms with E-state index in [0.29, 0.717) is 23.7 Å². The second kappa shape index (κ2) is 9.72. The molecular formula is C27H37N7O2S. The number of nitrogens with one attached hydrogen (secondary N) is 2. The number of pyridine rings is 1. The summed E-state index contributed by atoms with van der Waals surface area (Å²) in [6.07, 6.45) is 6.12. The van der Waals surface area contributed by atoms with E-state index in [1.807, 2.05) is 31.3 Å². The SMILES string of the molecule is CC(C)c1c(C2CCN2)cc(N2C[C@H](CS(C)(=O)=O)[C@H]2C)c2cnc(Nc3ccnc(N(C)C)n3)cc12. The van der Waals surface area contributed by atoms with Gasteiger partial charge in [-0.15, -0.1) is 0 Å². The predicted molar refractivity (Wildman–Crippen MR) is 151 cm³/mol. The molecule has 9 nitrogen and oxygen atoms in total. The lowest BCUT2D eigenvalue weighted by Gasteiger charge is -2.49. The molecule has 2 N–H and O–H groups in total. The lowest BCUT2D eigenvalue weighted by Crippen LogP contribution is -2.57. The fraction of sp³-hybridized carbons (Fsp3) is 0.519. The highest BCUT2D eigenvalue weighted by Gasteiger charge is 2.39. The molecule has 2 aliphatic rings. The van der Waals surface area contributed by atoms with Crippen LogP contribution in [0.15, 0.2) is 30.6 Å². The molecule has 0 aliphatic carbocycles. The minimum atomic E-state index is -3.01. The molecule has 2 aliphatic heterocycles. The van der Waals surface area contributed by atoms with Gasteiger partial charge in [0, 0.05) is 68.4 Å². The molecule has 1 unspecified atom stereocenters. The Balaban J connectivity index is 1.58. The van der Waals surface area contributed by atoms with E-state index in [-0.39, 0.29) is 17.7 Å². The van der Waals surface area contributed by atoms with E-state index in [0.717, 1.165) is 36.4 Å². The van der Waals surface area contributed by atoms with Gasteiger partial charge in [0.05, 0.1) is 5.75 Å². The highest BCUT2D eigenvalue weighted by molar-refractivity contribution is 7.90. The Bertz CT molecular complexity index is 1420. The van der Waals surface area contributed by atoms with Crippen LogP contribution in [0.1, 0.15) is 50.3 Å². The van der Waals surface area contributed by atoms with Gasteiger partial charge in [-0.25, -0.2) is 18.4 Å². The number of nitrogens with zero attached hydrogens (tertiary/aromatic N) is 5. The Labute approximate surface area is 219 Å². The first-order chi connectivity index (χ1) is 17.5. The van der Waals surface area contributed by atoms with Crippen LogP contribution in [0.4, 0.5) is 23.3 Å². The van der Waals surface area contributed by atoms with Crippen molar-refractivity contribution in [3.63, 3.8) is 0 Å². The van der Waals surface area contributed by atoms with E-state index in [1.54, 1.807) is 6.20 Å². The highest BCUT2D eigenvalue weighted by Crippen LogP contribution is 2.44. The van der Waals surface area contributed by atoms with Gasteiger partial charge in [-0.3, -0.25) is 0 Å². The van der Waals surface area contributed by atoms with Crippen molar-refractivity contribution in [1.82, 2.24) is 20.3 Å². The van der Waals surface area contributed by atoms with E-state index in [1.165, 1.54) is 22.8 Å². The van der Waals surface area contributed by atoms with Crippen LogP contribution in [0.5, 0.6) is 0 Å². The van der Waals surface area contributed by atoms with Crippen LogP contribution in [-0.4, -0.2) is 68.6 Å². The summed E-state index contributed by atoms with van der Waals surface area (Å²) in [5, 5.41) is 9.23. The zero-order valence-electron chi connectivity index (χ0n) is 22.5. The lowest BCUT2D eigenvalue weighted by atomic mass is 9.83. The second-order valence-electron chi connectivity index (χ2n) is 11.0. The number of rotatable bonds is 8. The summed E-state index contributed by atoms with van der Waals surface area (Å²) >= 11 is 0. The number of anilines is 4. The highest BCUT2D eigenvalue weighted by atomic mass is 32.2. The maximum absolute atomic E-state index is 11.9. The van der Waals surface area contributed by atoms with Crippen LogP contribution < -0.4 is 20.4 Å². The molecule has 5 rings (SSSR count). The molecule has 0 radical (unpaired) electrons. The average molecular weight is 524 g/mol. The Morgan fingerprint density at radius 3 is 2.54 bits per heavy atom. The quantitative estimate of drug-likeness (QED) is 0.455. The molecule has 0 spiro atoms. The van der Waals surface area contributed by atoms with Crippen molar-refractivity contribution in [3.05, 3.63) is 41.7 Å². The summed E-state index contributed by atoms with van der Waals surface area (Å²) in [6.45, 7) is 8.37. The van der Waals surface area contributed by atoms with Gasteiger partial charge in [0.15, 0.2) is 0 Å². The van der Waals surface area contributed by atoms with E-state index in [4.69, 9.17) is 4.98 Å². The normalized spacial score (nSPS) is 21.6. The summed E-state index contributed by atoms with van der Waals surface area (Å²) in [5.41, 5.74) is 3.80. The minimum absolute atomic E-state index is 0.137. The standard InChI is InChI=1S/C27H37N7O2S/c1-16(2)26-19-12-25(31-24-8-10-29-27(32-24)33(4)5)30-13-21(19)23(11-20(26)22-7-9-28-22)34-14-18(17(34)3)15-37(6,35)36/h8,10-13,16-18,22,28H,7,9,14-15H2,1-6H3,(H,29,30,31,32)/t17-,18-,22?/m1/s1. The van der Waals surface area contributed by atoms with E-state index < -0.39 is 9.84 Å². The number of benzene rings is 1. The summed E-state index contributed by atoms with van der Waals surface area (Å²) < 4.78 is 23.9. The van der Waals surface area contributed by atoms with Gasteiger partial charge in [0.1, 0.15) is 21.5 Å². The van der Waals surface area contributed by atoms with Crippen LogP contribution in [0.3, 0.4) is 0 Å². The van der Waals surface area contributed by atoms with Gasteiger partial charge in [0.2, 0.25) is 5.95 Å². The number of aromatic nitrogens is 3. The Kier molecular flexibility index (Phi) is 6.74. The molecule has 0 bridgehead atoms. The summed E-state index contributed by atoms with van der Waals surface area (Å²) in [4.78, 5) is 17.9. The van der Waals surface area contributed by atoms with Crippen LogP contribution in [-0.2, 0) is 9.84 Å². The maximum Gasteiger partial charge on any atom is 0.226 e. The molecule has 3 aromatic rings. The van der Waals surface area contributed by atoms with Gasteiger partial charge < -0.3 is 20.4 Å². The first-order valence-corrected chi connectivity index (χ1v) is 15.0. The van der Waals surface area contributed by atoms with Crippen molar-refractivity contribution < 1.29 is 8.42 Å². The second-order valence-corrected chi connectivity index (χ2v) is 13.2. The molecule has 2 saturated heterocycles. The van der Waals surface area contributed by atoms with Crippen molar-refractivity contribution in [1.29, 1.82) is 0 Å². The van der Waals surface area contributed by atoms with Gasteiger partial charge in [-0.1, -0.05) is 13.8 Å². The third-order valence-electron chi connectivity index (χ3n) is 7.58. The van der Waals surface area contributed by atoms with Crippen molar-refractivity contribution in [2.75, 3.05) is 54.3 Å². The molecule has 198 valence electrons. The zero-order valence-corrected chi connectivity index (χ0v) is 23.3. The van der Waals surface area contributed by atoms with Crippen LogP contribution >= 0.6 is 0 Å². The molecule has 2 fully saturated rings. The van der Waals surface area contributed by atoms with Crippen molar-refractivity contribution >= 4 is 43.9 Å². The number of hydrogen-bond acceptors (Lipinski definition) is 9. The minimum Gasteiger partial charge on any atom is -0.367 e. The van der Waals surface area contributed by atoms with Crippen LogP contribution in [0.2, 0.25) is 0 Å².